The first-order valence-corrected chi connectivity index (χ1v) is 15.6. The monoisotopic (exact) mass is 600 g/mol. The standard InChI is InChI=1S/C33H33ClN4O3S/c1-21-10-8-16-27(22(21)2)38-33-30(31(36-38)23-11-4-3-5-12-23)32(25-14-6-7-15-26(25)34)42-20-29(40)37(33)19-28(39)35-18-24-13-9-17-41-24/h3-8,10-12,14-16,24,32H,9,13,17-20H2,1-2H3,(H,35,39). The fraction of sp³-hybridized carbons (Fsp3) is 0.303. The molecule has 6 rings (SSSR count). The molecule has 2 unspecified atom stereocenters. The molecule has 2 atom stereocenters. The first-order chi connectivity index (χ1) is 20.4. The quantitative estimate of drug-likeness (QED) is 0.270. The average Bonchev–Trinajstić information content (AvgIpc) is 3.63. The summed E-state index contributed by atoms with van der Waals surface area (Å²) in [5.74, 6) is 0.384. The number of hydrogen-bond donors (Lipinski definition) is 1. The maximum Gasteiger partial charge on any atom is 0.240 e. The van der Waals surface area contributed by atoms with E-state index in [0.717, 1.165) is 52.0 Å². The van der Waals surface area contributed by atoms with Crippen LogP contribution >= 0.6 is 23.4 Å². The molecule has 0 spiro atoms. The van der Waals surface area contributed by atoms with Gasteiger partial charge < -0.3 is 10.1 Å². The molecule has 0 aliphatic carbocycles. The van der Waals surface area contributed by atoms with E-state index in [2.05, 4.69) is 25.2 Å². The highest BCUT2D eigenvalue weighted by molar-refractivity contribution is 8.00. The van der Waals surface area contributed by atoms with Gasteiger partial charge in [0.15, 0.2) is 0 Å². The number of ether oxygens (including phenoxy) is 1. The Balaban J connectivity index is 1.55. The number of amides is 2. The minimum Gasteiger partial charge on any atom is -0.376 e. The Labute approximate surface area is 255 Å². The molecule has 3 heterocycles. The Bertz CT molecular complexity index is 1620. The van der Waals surface area contributed by atoms with E-state index in [1.807, 2.05) is 71.4 Å². The molecule has 42 heavy (non-hydrogen) atoms. The molecular weight excluding hydrogens is 568 g/mol. The van der Waals surface area contributed by atoms with Gasteiger partial charge in [-0.25, -0.2) is 4.68 Å². The highest BCUT2D eigenvalue weighted by Gasteiger charge is 2.38. The lowest BCUT2D eigenvalue weighted by atomic mass is 9.99. The first kappa shape index (κ1) is 28.5. The molecule has 2 aliphatic heterocycles. The van der Waals surface area contributed by atoms with E-state index in [4.69, 9.17) is 21.4 Å². The summed E-state index contributed by atoms with van der Waals surface area (Å²) < 4.78 is 7.54. The van der Waals surface area contributed by atoms with Crippen molar-refractivity contribution in [1.82, 2.24) is 15.1 Å². The van der Waals surface area contributed by atoms with E-state index in [9.17, 15) is 9.59 Å². The minimum atomic E-state index is -0.285. The summed E-state index contributed by atoms with van der Waals surface area (Å²) >= 11 is 8.30. The van der Waals surface area contributed by atoms with Crippen LogP contribution in [-0.4, -0.2) is 53.1 Å². The topological polar surface area (TPSA) is 76.5 Å². The van der Waals surface area contributed by atoms with E-state index in [1.54, 1.807) is 4.90 Å². The maximum atomic E-state index is 13.9. The predicted molar refractivity (Wildman–Crippen MR) is 169 cm³/mol. The molecular formula is C33H33ClN4O3S. The second-order valence-corrected chi connectivity index (χ2v) is 12.2. The molecule has 9 heteroatoms. The van der Waals surface area contributed by atoms with Crippen LogP contribution in [0.1, 0.15) is 40.3 Å². The number of carbonyl (C=O) groups is 2. The molecule has 1 saturated heterocycles. The van der Waals surface area contributed by atoms with Gasteiger partial charge in [0.2, 0.25) is 11.8 Å². The van der Waals surface area contributed by atoms with Gasteiger partial charge in [0.05, 0.1) is 28.5 Å². The summed E-state index contributed by atoms with van der Waals surface area (Å²) in [6.07, 6.45) is 1.92. The molecule has 1 N–H and O–H groups in total. The van der Waals surface area contributed by atoms with Crippen LogP contribution in [0.4, 0.5) is 5.82 Å². The third-order valence-electron chi connectivity index (χ3n) is 7.98. The lowest BCUT2D eigenvalue weighted by Gasteiger charge is -2.24. The van der Waals surface area contributed by atoms with Gasteiger partial charge in [0.1, 0.15) is 12.4 Å². The van der Waals surface area contributed by atoms with Crippen molar-refractivity contribution in [3.63, 3.8) is 0 Å². The Morgan fingerprint density at radius 1 is 1.07 bits per heavy atom. The van der Waals surface area contributed by atoms with Crippen molar-refractivity contribution < 1.29 is 14.3 Å². The van der Waals surface area contributed by atoms with Crippen LogP contribution in [0.3, 0.4) is 0 Å². The van der Waals surface area contributed by atoms with E-state index in [1.165, 1.54) is 11.8 Å². The van der Waals surface area contributed by atoms with Crippen LogP contribution in [0, 0.1) is 13.8 Å². The molecule has 2 aliphatic rings. The summed E-state index contributed by atoms with van der Waals surface area (Å²) in [4.78, 5) is 28.9. The number of halogens is 1. The number of thioether (sulfide) groups is 1. The number of aryl methyl sites for hydroxylation is 1. The molecule has 1 aromatic heterocycles. The number of nitrogens with zero attached hydrogens (tertiary/aromatic N) is 3. The molecule has 3 aromatic carbocycles. The number of benzene rings is 3. The van der Waals surface area contributed by atoms with Gasteiger partial charge in [-0.1, -0.05) is 72.3 Å². The SMILES string of the molecule is Cc1cccc(-n2nc(-c3ccccc3)c3c2N(CC(=O)NCC2CCCO2)C(=O)CSC3c2ccccc2Cl)c1C. The number of anilines is 1. The molecule has 0 bridgehead atoms. The predicted octanol–water partition coefficient (Wildman–Crippen LogP) is 6.27. The Morgan fingerprint density at radius 3 is 2.62 bits per heavy atom. The fourth-order valence-electron chi connectivity index (χ4n) is 5.63. The van der Waals surface area contributed by atoms with Crippen molar-refractivity contribution in [2.75, 3.05) is 30.3 Å². The number of hydrogen-bond acceptors (Lipinski definition) is 5. The van der Waals surface area contributed by atoms with Gasteiger partial charge in [-0.2, -0.15) is 5.10 Å². The number of nitrogens with one attached hydrogen (secondary N) is 1. The zero-order chi connectivity index (χ0) is 29.2. The normalized spacial score (nSPS) is 18.5. The van der Waals surface area contributed by atoms with Crippen molar-refractivity contribution in [3.05, 3.63) is 100 Å². The van der Waals surface area contributed by atoms with Crippen molar-refractivity contribution in [3.8, 4) is 16.9 Å². The summed E-state index contributed by atoms with van der Waals surface area (Å²) in [7, 11) is 0. The zero-order valence-electron chi connectivity index (χ0n) is 23.7. The summed E-state index contributed by atoms with van der Waals surface area (Å²) in [6.45, 7) is 5.13. The van der Waals surface area contributed by atoms with E-state index < -0.39 is 0 Å². The molecule has 4 aromatic rings. The van der Waals surface area contributed by atoms with Crippen molar-refractivity contribution >= 4 is 41.0 Å². The number of rotatable bonds is 7. The summed E-state index contributed by atoms with van der Waals surface area (Å²) in [5.41, 5.74) is 6.45. The van der Waals surface area contributed by atoms with Crippen molar-refractivity contribution in [2.45, 2.75) is 38.0 Å². The van der Waals surface area contributed by atoms with Crippen LogP contribution in [0.2, 0.25) is 5.02 Å². The molecule has 7 nitrogen and oxygen atoms in total. The lowest BCUT2D eigenvalue weighted by molar-refractivity contribution is -0.123. The van der Waals surface area contributed by atoms with Crippen molar-refractivity contribution in [2.24, 2.45) is 0 Å². The highest BCUT2D eigenvalue weighted by atomic mass is 35.5. The Hall–Kier alpha value is -3.59. The highest BCUT2D eigenvalue weighted by Crippen LogP contribution is 2.50. The molecule has 216 valence electrons. The first-order valence-electron chi connectivity index (χ1n) is 14.2. The van der Waals surface area contributed by atoms with Gasteiger partial charge in [0, 0.05) is 29.3 Å². The number of fused-ring (bicyclic) bond motifs is 1. The van der Waals surface area contributed by atoms with Gasteiger partial charge in [0.25, 0.3) is 0 Å². The minimum absolute atomic E-state index is 0.00894. The zero-order valence-corrected chi connectivity index (χ0v) is 25.3. The third-order valence-corrected chi connectivity index (χ3v) is 9.56. The molecule has 1 fully saturated rings. The van der Waals surface area contributed by atoms with Crippen molar-refractivity contribution in [1.29, 1.82) is 0 Å². The number of carbonyl (C=O) groups excluding carboxylic acids is 2. The summed E-state index contributed by atoms with van der Waals surface area (Å²) in [5, 5.41) is 8.53. The van der Waals surface area contributed by atoms with Crippen LogP contribution in [0.25, 0.3) is 16.9 Å². The fourth-order valence-corrected chi connectivity index (χ4v) is 7.17. The van der Waals surface area contributed by atoms with Gasteiger partial charge >= 0.3 is 0 Å². The van der Waals surface area contributed by atoms with Crippen LogP contribution in [0.5, 0.6) is 0 Å². The maximum absolute atomic E-state index is 13.9. The second kappa shape index (κ2) is 12.3. The van der Waals surface area contributed by atoms with E-state index in [0.29, 0.717) is 24.0 Å². The summed E-state index contributed by atoms with van der Waals surface area (Å²) in [6, 6.07) is 23.8. The lowest BCUT2D eigenvalue weighted by Crippen LogP contribution is -2.44. The molecule has 0 radical (unpaired) electrons. The van der Waals surface area contributed by atoms with Gasteiger partial charge in [-0.15, -0.1) is 11.8 Å². The van der Waals surface area contributed by atoms with Crippen LogP contribution < -0.4 is 10.2 Å². The van der Waals surface area contributed by atoms with Crippen LogP contribution in [0.15, 0.2) is 72.8 Å². The smallest absolute Gasteiger partial charge is 0.240 e. The largest absolute Gasteiger partial charge is 0.376 e. The third kappa shape index (κ3) is 5.59. The average molecular weight is 601 g/mol. The van der Waals surface area contributed by atoms with Crippen LogP contribution in [-0.2, 0) is 14.3 Å². The van der Waals surface area contributed by atoms with E-state index in [-0.39, 0.29) is 35.5 Å². The molecule has 2 amide bonds. The Kier molecular flexibility index (Phi) is 8.38. The van der Waals surface area contributed by atoms with E-state index >= 15 is 0 Å². The van der Waals surface area contributed by atoms with Gasteiger partial charge in [-0.3, -0.25) is 14.5 Å². The Morgan fingerprint density at radius 2 is 1.86 bits per heavy atom. The second-order valence-electron chi connectivity index (χ2n) is 10.7. The van der Waals surface area contributed by atoms with Gasteiger partial charge in [-0.05, 0) is 55.5 Å². The molecule has 0 saturated carbocycles. The number of aromatic nitrogens is 2.